The van der Waals surface area contributed by atoms with Gasteiger partial charge in [0.15, 0.2) is 0 Å². The summed E-state index contributed by atoms with van der Waals surface area (Å²) in [5.74, 6) is 0.558. The van der Waals surface area contributed by atoms with Crippen LogP contribution in [0.4, 0.5) is 4.79 Å². The van der Waals surface area contributed by atoms with E-state index in [0.29, 0.717) is 12.5 Å². The monoisotopic (exact) mass is 311 g/mol. The molecule has 0 aliphatic carbocycles. The lowest BCUT2D eigenvalue weighted by Gasteiger charge is -2.31. The van der Waals surface area contributed by atoms with Crippen molar-refractivity contribution in [3.05, 3.63) is 35.9 Å². The molecule has 1 aliphatic rings. The van der Waals surface area contributed by atoms with Crippen LogP contribution in [0.5, 0.6) is 0 Å². The molecule has 1 aromatic carbocycles. The van der Waals surface area contributed by atoms with Crippen LogP contribution in [0.3, 0.4) is 0 Å². The van der Waals surface area contributed by atoms with E-state index >= 15 is 0 Å². The van der Waals surface area contributed by atoms with Crippen LogP contribution >= 0.6 is 15.9 Å². The molecule has 0 saturated carbocycles. The number of halogens is 1. The number of piperidine rings is 1. The van der Waals surface area contributed by atoms with Crippen molar-refractivity contribution in [2.75, 3.05) is 18.4 Å². The fraction of sp³-hybridized carbons (Fsp3) is 0.500. The summed E-state index contributed by atoms with van der Waals surface area (Å²) >= 11 is 3.48. The molecule has 1 aliphatic heterocycles. The van der Waals surface area contributed by atoms with E-state index in [1.54, 1.807) is 0 Å². The first-order chi connectivity index (χ1) is 8.79. The zero-order chi connectivity index (χ0) is 12.8. The predicted molar refractivity (Wildman–Crippen MR) is 74.7 cm³/mol. The summed E-state index contributed by atoms with van der Waals surface area (Å²) in [5, 5.41) is 0.954. The van der Waals surface area contributed by atoms with Crippen LogP contribution in [0.15, 0.2) is 30.3 Å². The number of nitrogens with zero attached hydrogens (tertiary/aromatic N) is 1. The Hall–Kier alpha value is -1.03. The Kier molecular flexibility index (Phi) is 5.05. The van der Waals surface area contributed by atoms with Crippen molar-refractivity contribution >= 4 is 22.0 Å². The second kappa shape index (κ2) is 6.78. The zero-order valence-electron chi connectivity index (χ0n) is 10.3. The topological polar surface area (TPSA) is 29.5 Å². The number of rotatable bonds is 3. The van der Waals surface area contributed by atoms with Crippen LogP contribution in [-0.4, -0.2) is 29.4 Å². The van der Waals surface area contributed by atoms with E-state index in [9.17, 15) is 4.79 Å². The van der Waals surface area contributed by atoms with E-state index in [4.69, 9.17) is 4.74 Å². The van der Waals surface area contributed by atoms with Crippen molar-refractivity contribution in [2.24, 2.45) is 5.92 Å². The normalized spacial score (nSPS) is 19.6. The van der Waals surface area contributed by atoms with Gasteiger partial charge in [0.1, 0.15) is 6.61 Å². The SMILES string of the molecule is O=C(OCc1ccccc1)N1CCC[C@@H](CBr)C1. The molecule has 1 aromatic rings. The molecule has 1 saturated heterocycles. The lowest BCUT2D eigenvalue weighted by molar-refractivity contribution is 0.0816. The third-order valence-electron chi connectivity index (χ3n) is 3.20. The van der Waals surface area contributed by atoms with Crippen LogP contribution in [0.25, 0.3) is 0 Å². The number of likely N-dealkylation sites (tertiary alicyclic amines) is 1. The zero-order valence-corrected chi connectivity index (χ0v) is 11.9. The summed E-state index contributed by atoms with van der Waals surface area (Å²) in [5.41, 5.74) is 1.03. The van der Waals surface area contributed by atoms with E-state index < -0.39 is 0 Å². The van der Waals surface area contributed by atoms with Gasteiger partial charge in [0.05, 0.1) is 0 Å². The van der Waals surface area contributed by atoms with Crippen LogP contribution in [0.1, 0.15) is 18.4 Å². The molecule has 1 atom stereocenters. The molecule has 0 N–H and O–H groups in total. The molecule has 0 spiro atoms. The van der Waals surface area contributed by atoms with E-state index in [0.717, 1.165) is 30.4 Å². The number of amides is 1. The highest BCUT2D eigenvalue weighted by Gasteiger charge is 2.23. The predicted octanol–water partition coefficient (Wildman–Crippen LogP) is 3.43. The maximum Gasteiger partial charge on any atom is 0.410 e. The fourth-order valence-electron chi connectivity index (χ4n) is 2.17. The van der Waals surface area contributed by atoms with Crippen LogP contribution < -0.4 is 0 Å². The molecular weight excluding hydrogens is 294 g/mol. The Morgan fingerprint density at radius 2 is 2.17 bits per heavy atom. The number of alkyl halides is 1. The van der Waals surface area contributed by atoms with Gasteiger partial charge in [0.25, 0.3) is 0 Å². The van der Waals surface area contributed by atoms with Gasteiger partial charge in [-0.25, -0.2) is 4.79 Å². The summed E-state index contributed by atoms with van der Waals surface area (Å²) < 4.78 is 5.33. The number of hydrogen-bond acceptors (Lipinski definition) is 2. The van der Waals surface area contributed by atoms with Gasteiger partial charge in [-0.05, 0) is 24.3 Å². The number of ether oxygens (including phenoxy) is 1. The van der Waals surface area contributed by atoms with Crippen molar-refractivity contribution in [3.8, 4) is 0 Å². The summed E-state index contributed by atoms with van der Waals surface area (Å²) in [4.78, 5) is 13.7. The molecule has 1 amide bonds. The fourth-order valence-corrected chi connectivity index (χ4v) is 2.70. The van der Waals surface area contributed by atoms with Crippen molar-refractivity contribution in [1.82, 2.24) is 4.90 Å². The molecule has 0 unspecified atom stereocenters. The Morgan fingerprint density at radius 3 is 2.89 bits per heavy atom. The van der Waals surface area contributed by atoms with E-state index in [1.165, 1.54) is 6.42 Å². The first-order valence-corrected chi connectivity index (χ1v) is 7.43. The smallest absolute Gasteiger partial charge is 0.410 e. The van der Waals surface area contributed by atoms with Gasteiger partial charge < -0.3 is 9.64 Å². The third-order valence-corrected chi connectivity index (χ3v) is 4.12. The average Bonchev–Trinajstić information content (AvgIpc) is 2.46. The van der Waals surface area contributed by atoms with Gasteiger partial charge in [0, 0.05) is 18.4 Å². The summed E-state index contributed by atoms with van der Waals surface area (Å²) in [7, 11) is 0. The summed E-state index contributed by atoms with van der Waals surface area (Å²) in [6, 6.07) is 9.78. The van der Waals surface area contributed by atoms with Gasteiger partial charge in [0.2, 0.25) is 0 Å². The van der Waals surface area contributed by atoms with Crippen molar-refractivity contribution in [3.63, 3.8) is 0 Å². The minimum Gasteiger partial charge on any atom is -0.445 e. The number of carbonyl (C=O) groups is 1. The van der Waals surface area contributed by atoms with Gasteiger partial charge >= 0.3 is 6.09 Å². The number of hydrogen-bond donors (Lipinski definition) is 0. The van der Waals surface area contributed by atoms with Gasteiger partial charge in [-0.3, -0.25) is 0 Å². The minimum atomic E-state index is -0.190. The third kappa shape index (κ3) is 3.73. The van der Waals surface area contributed by atoms with Gasteiger partial charge in [-0.1, -0.05) is 46.3 Å². The number of carbonyl (C=O) groups excluding carboxylic acids is 1. The average molecular weight is 312 g/mol. The molecule has 18 heavy (non-hydrogen) atoms. The molecule has 3 nitrogen and oxygen atoms in total. The maximum atomic E-state index is 11.9. The highest BCUT2D eigenvalue weighted by Crippen LogP contribution is 2.19. The molecular formula is C14H18BrNO2. The Morgan fingerprint density at radius 1 is 1.39 bits per heavy atom. The minimum absolute atomic E-state index is 0.190. The Balaban J connectivity index is 1.81. The van der Waals surface area contributed by atoms with E-state index in [2.05, 4.69) is 15.9 Å². The van der Waals surface area contributed by atoms with Crippen molar-refractivity contribution in [2.45, 2.75) is 19.4 Å². The Bertz CT molecular complexity index is 383. The first kappa shape index (κ1) is 13.4. The lowest BCUT2D eigenvalue weighted by Crippen LogP contribution is -2.40. The lowest BCUT2D eigenvalue weighted by atomic mass is 10.0. The van der Waals surface area contributed by atoms with Crippen LogP contribution in [0.2, 0.25) is 0 Å². The molecule has 1 heterocycles. The van der Waals surface area contributed by atoms with Gasteiger partial charge in [-0.2, -0.15) is 0 Å². The quantitative estimate of drug-likeness (QED) is 0.800. The molecule has 0 radical (unpaired) electrons. The number of benzene rings is 1. The molecule has 0 aromatic heterocycles. The largest absolute Gasteiger partial charge is 0.445 e. The summed E-state index contributed by atoms with van der Waals surface area (Å²) in [6.07, 6.45) is 2.06. The summed E-state index contributed by atoms with van der Waals surface area (Å²) in [6.45, 7) is 1.98. The molecule has 98 valence electrons. The van der Waals surface area contributed by atoms with Crippen LogP contribution in [0, 0.1) is 5.92 Å². The molecule has 4 heteroatoms. The second-order valence-corrected chi connectivity index (χ2v) is 5.30. The highest BCUT2D eigenvalue weighted by molar-refractivity contribution is 9.09. The van der Waals surface area contributed by atoms with Gasteiger partial charge in [-0.15, -0.1) is 0 Å². The molecule has 0 bridgehead atoms. The Labute approximate surface area is 116 Å². The second-order valence-electron chi connectivity index (χ2n) is 4.65. The maximum absolute atomic E-state index is 11.9. The standard InChI is InChI=1S/C14H18BrNO2/c15-9-13-7-4-8-16(10-13)14(17)18-11-12-5-2-1-3-6-12/h1-3,5-6,13H,4,7-11H2/t13-/m0/s1. The molecule has 1 fully saturated rings. The van der Waals surface area contributed by atoms with Crippen molar-refractivity contribution in [1.29, 1.82) is 0 Å². The van der Waals surface area contributed by atoms with Crippen molar-refractivity contribution < 1.29 is 9.53 Å². The van der Waals surface area contributed by atoms with Crippen LogP contribution in [-0.2, 0) is 11.3 Å². The first-order valence-electron chi connectivity index (χ1n) is 6.31. The highest BCUT2D eigenvalue weighted by atomic mass is 79.9. The molecule has 2 rings (SSSR count). The van der Waals surface area contributed by atoms with E-state index in [-0.39, 0.29) is 6.09 Å². The van der Waals surface area contributed by atoms with E-state index in [1.807, 2.05) is 35.2 Å².